The number of aryl methyl sites for hydroxylation is 2. The number of rotatable bonds is 2. The van der Waals surface area contributed by atoms with E-state index in [0.717, 1.165) is 16.9 Å². The first-order valence-electron chi connectivity index (χ1n) is 5.02. The molecule has 2 aromatic rings. The maximum atomic E-state index is 11.9. The van der Waals surface area contributed by atoms with Gasteiger partial charge in [-0.05, 0) is 25.5 Å². The lowest BCUT2D eigenvalue weighted by Crippen LogP contribution is -2.14. The molecule has 0 aliphatic heterocycles. The number of aromatic nitrogens is 2. The largest absolute Gasteiger partial charge is 0.375 e. The van der Waals surface area contributed by atoms with Crippen LogP contribution in [0.3, 0.4) is 0 Å². The quantitative estimate of drug-likeness (QED) is 0.851. The summed E-state index contributed by atoms with van der Waals surface area (Å²) in [6, 6.07) is 1.85. The number of carbonyl (C=O) groups excluding carboxylic acids is 1. The molecule has 0 aromatic carbocycles. The van der Waals surface area contributed by atoms with E-state index in [4.69, 9.17) is 5.73 Å². The lowest BCUT2D eigenvalue weighted by atomic mass is 10.2. The van der Waals surface area contributed by atoms with Crippen molar-refractivity contribution in [1.82, 2.24) is 9.97 Å². The molecule has 0 unspecified atom stereocenters. The van der Waals surface area contributed by atoms with Crippen molar-refractivity contribution >= 4 is 28.1 Å². The van der Waals surface area contributed by atoms with Crippen LogP contribution in [0, 0.1) is 13.8 Å². The third kappa shape index (κ3) is 2.42. The minimum atomic E-state index is -0.267. The molecule has 0 radical (unpaired) electrons. The van der Waals surface area contributed by atoms with Crippen molar-refractivity contribution in [3.8, 4) is 0 Å². The van der Waals surface area contributed by atoms with Gasteiger partial charge < -0.3 is 11.1 Å². The Morgan fingerprint density at radius 2 is 2.24 bits per heavy atom. The summed E-state index contributed by atoms with van der Waals surface area (Å²) < 4.78 is 0. The van der Waals surface area contributed by atoms with Crippen molar-refractivity contribution in [2.24, 2.45) is 0 Å². The fraction of sp³-hybridized carbons (Fsp3) is 0.182. The summed E-state index contributed by atoms with van der Waals surface area (Å²) in [5, 5.41) is 4.81. The van der Waals surface area contributed by atoms with Crippen LogP contribution in [0.25, 0.3) is 0 Å². The smallest absolute Gasteiger partial charge is 0.275 e. The number of hydrogen-bond donors (Lipinski definition) is 2. The molecule has 2 heterocycles. The lowest BCUT2D eigenvalue weighted by Gasteiger charge is -2.09. The van der Waals surface area contributed by atoms with Gasteiger partial charge in [0.2, 0.25) is 0 Å². The molecule has 0 bridgehead atoms. The second kappa shape index (κ2) is 4.50. The summed E-state index contributed by atoms with van der Waals surface area (Å²) in [7, 11) is 0. The second-order valence-corrected chi connectivity index (χ2v) is 4.50. The SMILES string of the molecule is Cc1ccnc(C)c1NC(=O)c1csc(N)n1. The first-order valence-corrected chi connectivity index (χ1v) is 5.90. The molecule has 0 aliphatic carbocycles. The van der Waals surface area contributed by atoms with Crippen molar-refractivity contribution in [3.05, 3.63) is 34.6 Å². The van der Waals surface area contributed by atoms with Gasteiger partial charge in [0, 0.05) is 11.6 Å². The summed E-state index contributed by atoms with van der Waals surface area (Å²) >= 11 is 1.24. The van der Waals surface area contributed by atoms with Crippen LogP contribution in [-0.4, -0.2) is 15.9 Å². The predicted octanol–water partition coefficient (Wildman–Crippen LogP) is 1.99. The van der Waals surface area contributed by atoms with Crippen LogP contribution in [0.4, 0.5) is 10.8 Å². The van der Waals surface area contributed by atoms with Crippen LogP contribution in [0.15, 0.2) is 17.6 Å². The third-order valence-electron chi connectivity index (χ3n) is 2.34. The Balaban J connectivity index is 2.24. The van der Waals surface area contributed by atoms with Crippen molar-refractivity contribution in [3.63, 3.8) is 0 Å². The van der Waals surface area contributed by atoms with E-state index in [0.29, 0.717) is 10.8 Å². The van der Waals surface area contributed by atoms with E-state index in [-0.39, 0.29) is 5.91 Å². The Labute approximate surface area is 103 Å². The van der Waals surface area contributed by atoms with Gasteiger partial charge in [-0.2, -0.15) is 0 Å². The Morgan fingerprint density at radius 3 is 2.82 bits per heavy atom. The zero-order chi connectivity index (χ0) is 12.4. The first-order chi connectivity index (χ1) is 8.08. The van der Waals surface area contributed by atoms with Gasteiger partial charge in [0.1, 0.15) is 5.69 Å². The molecule has 1 amide bonds. The van der Waals surface area contributed by atoms with E-state index in [1.165, 1.54) is 11.3 Å². The van der Waals surface area contributed by atoms with E-state index < -0.39 is 0 Å². The number of carbonyl (C=O) groups is 1. The normalized spacial score (nSPS) is 10.2. The monoisotopic (exact) mass is 248 g/mol. The molecule has 2 rings (SSSR count). The lowest BCUT2D eigenvalue weighted by molar-refractivity contribution is 0.102. The van der Waals surface area contributed by atoms with Gasteiger partial charge >= 0.3 is 0 Å². The van der Waals surface area contributed by atoms with E-state index in [2.05, 4.69) is 15.3 Å². The summed E-state index contributed by atoms with van der Waals surface area (Å²) in [5.74, 6) is -0.267. The van der Waals surface area contributed by atoms with E-state index in [1.807, 2.05) is 19.9 Å². The zero-order valence-electron chi connectivity index (χ0n) is 9.52. The molecule has 88 valence electrons. The molecule has 3 N–H and O–H groups in total. The van der Waals surface area contributed by atoms with Crippen molar-refractivity contribution in [2.45, 2.75) is 13.8 Å². The van der Waals surface area contributed by atoms with Crippen LogP contribution in [-0.2, 0) is 0 Å². The third-order valence-corrected chi connectivity index (χ3v) is 3.02. The molecule has 5 nitrogen and oxygen atoms in total. The Morgan fingerprint density at radius 1 is 1.47 bits per heavy atom. The van der Waals surface area contributed by atoms with E-state index in [9.17, 15) is 4.79 Å². The number of hydrogen-bond acceptors (Lipinski definition) is 5. The highest BCUT2D eigenvalue weighted by Crippen LogP contribution is 2.19. The van der Waals surface area contributed by atoms with Gasteiger partial charge in [-0.15, -0.1) is 11.3 Å². The van der Waals surface area contributed by atoms with Gasteiger partial charge in [0.25, 0.3) is 5.91 Å². The topological polar surface area (TPSA) is 80.9 Å². The fourth-order valence-electron chi connectivity index (χ4n) is 1.45. The predicted molar refractivity (Wildman–Crippen MR) is 68.2 cm³/mol. The Hall–Kier alpha value is -1.95. The molecule has 0 saturated carbocycles. The number of nitrogens with one attached hydrogen (secondary N) is 1. The van der Waals surface area contributed by atoms with Crippen LogP contribution >= 0.6 is 11.3 Å². The summed E-state index contributed by atoms with van der Waals surface area (Å²) in [6.45, 7) is 3.76. The summed E-state index contributed by atoms with van der Waals surface area (Å²) in [4.78, 5) is 19.9. The van der Waals surface area contributed by atoms with Gasteiger partial charge in [-0.3, -0.25) is 9.78 Å². The Bertz CT molecular complexity index is 544. The molecule has 17 heavy (non-hydrogen) atoms. The number of thiazole rings is 1. The van der Waals surface area contributed by atoms with Gasteiger partial charge in [-0.1, -0.05) is 0 Å². The number of nitrogens with two attached hydrogens (primary N) is 1. The van der Waals surface area contributed by atoms with Crippen molar-refractivity contribution < 1.29 is 4.79 Å². The molecule has 2 aromatic heterocycles. The van der Waals surface area contributed by atoms with Crippen LogP contribution in [0.1, 0.15) is 21.7 Å². The molecular weight excluding hydrogens is 236 g/mol. The van der Waals surface area contributed by atoms with E-state index >= 15 is 0 Å². The minimum Gasteiger partial charge on any atom is -0.375 e. The van der Waals surface area contributed by atoms with Crippen molar-refractivity contribution in [2.75, 3.05) is 11.1 Å². The number of nitrogens with zero attached hydrogens (tertiary/aromatic N) is 2. The van der Waals surface area contributed by atoms with Gasteiger partial charge in [0.05, 0.1) is 11.4 Å². The average molecular weight is 248 g/mol. The van der Waals surface area contributed by atoms with Gasteiger partial charge in [0.15, 0.2) is 5.13 Å². The molecule has 0 spiro atoms. The molecule has 0 saturated heterocycles. The molecule has 0 atom stereocenters. The van der Waals surface area contributed by atoms with E-state index in [1.54, 1.807) is 11.6 Å². The number of amides is 1. The minimum absolute atomic E-state index is 0.267. The zero-order valence-corrected chi connectivity index (χ0v) is 10.3. The Kier molecular flexibility index (Phi) is 3.06. The maximum Gasteiger partial charge on any atom is 0.275 e. The highest BCUT2D eigenvalue weighted by atomic mass is 32.1. The highest BCUT2D eigenvalue weighted by Gasteiger charge is 2.12. The van der Waals surface area contributed by atoms with Crippen LogP contribution in [0.5, 0.6) is 0 Å². The second-order valence-electron chi connectivity index (χ2n) is 3.61. The maximum absolute atomic E-state index is 11.9. The van der Waals surface area contributed by atoms with Crippen LogP contribution in [0.2, 0.25) is 0 Å². The molecular formula is C11H12N4OS. The first kappa shape index (κ1) is 11.5. The van der Waals surface area contributed by atoms with Crippen LogP contribution < -0.4 is 11.1 Å². The summed E-state index contributed by atoms with van der Waals surface area (Å²) in [6.07, 6.45) is 1.71. The number of anilines is 2. The standard InChI is InChI=1S/C11H12N4OS/c1-6-3-4-13-7(2)9(6)15-10(16)8-5-17-11(12)14-8/h3-5H,1-2H3,(H2,12,14)(H,15,16). The number of nitrogen functional groups attached to an aromatic ring is 1. The molecule has 0 aliphatic rings. The molecule has 0 fully saturated rings. The average Bonchev–Trinajstić information content (AvgIpc) is 2.70. The fourth-order valence-corrected chi connectivity index (χ4v) is 2.00. The summed E-state index contributed by atoms with van der Waals surface area (Å²) in [5.41, 5.74) is 8.29. The van der Waals surface area contributed by atoms with Crippen molar-refractivity contribution in [1.29, 1.82) is 0 Å². The van der Waals surface area contributed by atoms with Gasteiger partial charge in [-0.25, -0.2) is 4.98 Å². The molecule has 6 heteroatoms. The highest BCUT2D eigenvalue weighted by molar-refractivity contribution is 7.13. The number of pyridine rings is 1.